The SMILES string of the molecule is O=C(CCSc1ccccc1)Nc1cnc2cc(C(F)(F)F)nn2c1. The Kier molecular flexibility index (Phi) is 4.93. The van der Waals surface area contributed by atoms with Gasteiger partial charge in [-0.15, -0.1) is 11.8 Å². The van der Waals surface area contributed by atoms with Gasteiger partial charge >= 0.3 is 6.18 Å². The van der Waals surface area contributed by atoms with Crippen LogP contribution in [0.4, 0.5) is 18.9 Å². The van der Waals surface area contributed by atoms with E-state index in [0.717, 1.165) is 15.5 Å². The lowest BCUT2D eigenvalue weighted by atomic mass is 10.4. The van der Waals surface area contributed by atoms with Gasteiger partial charge in [0.1, 0.15) is 0 Å². The van der Waals surface area contributed by atoms with E-state index < -0.39 is 11.9 Å². The molecular weight excluding hydrogens is 353 g/mol. The zero-order valence-corrected chi connectivity index (χ0v) is 13.6. The molecular formula is C16H13F3N4OS. The maximum atomic E-state index is 12.6. The van der Waals surface area contributed by atoms with Crippen LogP contribution in [0, 0.1) is 0 Å². The summed E-state index contributed by atoms with van der Waals surface area (Å²) in [6.45, 7) is 0. The van der Waals surface area contributed by atoms with Crippen LogP contribution in [0.25, 0.3) is 5.65 Å². The van der Waals surface area contributed by atoms with Gasteiger partial charge in [-0.3, -0.25) is 4.79 Å². The first-order valence-corrected chi connectivity index (χ1v) is 8.31. The highest BCUT2D eigenvalue weighted by atomic mass is 32.2. The largest absolute Gasteiger partial charge is 0.435 e. The van der Waals surface area contributed by atoms with Crippen LogP contribution in [0.1, 0.15) is 12.1 Å². The van der Waals surface area contributed by atoms with Crippen LogP contribution in [0.15, 0.2) is 53.7 Å². The highest BCUT2D eigenvalue weighted by Gasteiger charge is 2.34. The summed E-state index contributed by atoms with van der Waals surface area (Å²) in [4.78, 5) is 16.9. The van der Waals surface area contributed by atoms with Crippen LogP contribution >= 0.6 is 11.8 Å². The summed E-state index contributed by atoms with van der Waals surface area (Å²) < 4.78 is 38.9. The first kappa shape index (κ1) is 17.3. The Morgan fingerprint density at radius 2 is 2.00 bits per heavy atom. The summed E-state index contributed by atoms with van der Waals surface area (Å²) in [6, 6.07) is 10.5. The lowest BCUT2D eigenvalue weighted by Crippen LogP contribution is -2.13. The highest BCUT2D eigenvalue weighted by Crippen LogP contribution is 2.28. The van der Waals surface area contributed by atoms with Crippen LogP contribution in [-0.4, -0.2) is 26.3 Å². The quantitative estimate of drug-likeness (QED) is 0.697. The molecule has 0 spiro atoms. The molecule has 0 saturated heterocycles. The van der Waals surface area contributed by atoms with E-state index in [9.17, 15) is 18.0 Å². The van der Waals surface area contributed by atoms with Crippen LogP contribution < -0.4 is 5.32 Å². The van der Waals surface area contributed by atoms with E-state index >= 15 is 0 Å². The summed E-state index contributed by atoms with van der Waals surface area (Å²) in [6.07, 6.45) is -1.66. The van der Waals surface area contributed by atoms with Gasteiger partial charge in [0.25, 0.3) is 0 Å². The van der Waals surface area contributed by atoms with Gasteiger partial charge in [-0.05, 0) is 12.1 Å². The summed E-state index contributed by atoms with van der Waals surface area (Å²) in [5.74, 6) is 0.346. The third-order valence-electron chi connectivity index (χ3n) is 3.23. The molecule has 0 bridgehead atoms. The Labute approximate surface area is 145 Å². The third-order valence-corrected chi connectivity index (χ3v) is 4.24. The standard InChI is InChI=1S/C16H13F3N4OS/c17-16(18,19)13-8-14-20-9-11(10-23(14)22-13)21-15(24)6-7-25-12-4-2-1-3-5-12/h1-5,8-10H,6-7H2,(H,21,24). The van der Waals surface area contributed by atoms with E-state index in [0.29, 0.717) is 11.4 Å². The van der Waals surface area contributed by atoms with Gasteiger partial charge in [0.2, 0.25) is 5.91 Å². The fourth-order valence-electron chi connectivity index (χ4n) is 2.08. The van der Waals surface area contributed by atoms with Crippen LogP contribution in [0.3, 0.4) is 0 Å². The number of alkyl halides is 3. The minimum Gasteiger partial charge on any atom is -0.323 e. The average Bonchev–Trinajstić information content (AvgIpc) is 2.99. The van der Waals surface area contributed by atoms with E-state index in [1.165, 1.54) is 12.4 Å². The lowest BCUT2D eigenvalue weighted by molar-refractivity contribution is -0.141. The van der Waals surface area contributed by atoms with E-state index in [1.807, 2.05) is 30.3 Å². The number of fused-ring (bicyclic) bond motifs is 1. The first-order valence-electron chi connectivity index (χ1n) is 7.32. The molecule has 0 radical (unpaired) electrons. The Hall–Kier alpha value is -2.55. The van der Waals surface area contributed by atoms with Crippen molar-refractivity contribution in [1.82, 2.24) is 14.6 Å². The fraction of sp³-hybridized carbons (Fsp3) is 0.188. The van der Waals surface area contributed by atoms with Crippen molar-refractivity contribution in [1.29, 1.82) is 0 Å². The molecule has 130 valence electrons. The minimum absolute atomic E-state index is 0.0601. The second-order valence-electron chi connectivity index (χ2n) is 5.13. The number of carbonyl (C=O) groups is 1. The fourth-order valence-corrected chi connectivity index (χ4v) is 2.95. The van der Waals surface area contributed by atoms with Gasteiger partial charge < -0.3 is 5.32 Å². The Morgan fingerprint density at radius 1 is 1.24 bits per heavy atom. The van der Waals surface area contributed by atoms with Gasteiger partial charge in [0.05, 0.1) is 18.1 Å². The Bertz CT molecular complexity index is 880. The predicted octanol–water partition coefficient (Wildman–Crippen LogP) is 3.87. The maximum Gasteiger partial charge on any atom is 0.435 e. The molecule has 1 aromatic carbocycles. The molecule has 25 heavy (non-hydrogen) atoms. The molecule has 1 N–H and O–H groups in total. The monoisotopic (exact) mass is 366 g/mol. The summed E-state index contributed by atoms with van der Waals surface area (Å²) in [5, 5.41) is 6.04. The van der Waals surface area contributed by atoms with Gasteiger partial charge in [-0.25, -0.2) is 9.50 Å². The van der Waals surface area contributed by atoms with E-state index in [4.69, 9.17) is 0 Å². The van der Waals surface area contributed by atoms with E-state index in [2.05, 4.69) is 15.4 Å². The molecule has 0 aliphatic heterocycles. The lowest BCUT2D eigenvalue weighted by Gasteiger charge is -2.05. The van der Waals surface area contributed by atoms with Gasteiger partial charge in [0, 0.05) is 23.1 Å². The number of rotatable bonds is 5. The number of halogens is 3. The molecule has 9 heteroatoms. The number of aromatic nitrogens is 3. The van der Waals surface area contributed by atoms with E-state index in [1.54, 1.807) is 11.8 Å². The molecule has 5 nitrogen and oxygen atoms in total. The molecule has 0 fully saturated rings. The molecule has 2 heterocycles. The van der Waals surface area contributed by atoms with Gasteiger partial charge in [-0.2, -0.15) is 18.3 Å². The first-order chi connectivity index (χ1) is 11.9. The molecule has 2 aromatic heterocycles. The zero-order chi connectivity index (χ0) is 17.9. The van der Waals surface area contributed by atoms with Crippen molar-refractivity contribution in [2.75, 3.05) is 11.1 Å². The number of anilines is 1. The number of hydrogen-bond donors (Lipinski definition) is 1. The average molecular weight is 366 g/mol. The molecule has 3 aromatic rings. The van der Waals surface area contributed by atoms with Crippen molar-refractivity contribution in [2.24, 2.45) is 0 Å². The number of carbonyl (C=O) groups excluding carboxylic acids is 1. The number of hydrogen-bond acceptors (Lipinski definition) is 4. The number of amides is 1. The van der Waals surface area contributed by atoms with Crippen LogP contribution in [0.5, 0.6) is 0 Å². The minimum atomic E-state index is -4.54. The van der Waals surface area contributed by atoms with Crippen LogP contribution in [0.2, 0.25) is 0 Å². The predicted molar refractivity (Wildman–Crippen MR) is 88.4 cm³/mol. The molecule has 0 saturated carbocycles. The number of thioether (sulfide) groups is 1. The molecule has 0 aliphatic carbocycles. The van der Waals surface area contributed by atoms with Crippen molar-refractivity contribution in [2.45, 2.75) is 17.5 Å². The smallest absolute Gasteiger partial charge is 0.323 e. The Morgan fingerprint density at radius 3 is 2.72 bits per heavy atom. The van der Waals surface area contributed by atoms with Crippen molar-refractivity contribution < 1.29 is 18.0 Å². The molecule has 0 atom stereocenters. The maximum absolute atomic E-state index is 12.6. The highest BCUT2D eigenvalue weighted by molar-refractivity contribution is 7.99. The normalized spacial score (nSPS) is 11.6. The van der Waals surface area contributed by atoms with E-state index in [-0.39, 0.29) is 18.0 Å². The zero-order valence-electron chi connectivity index (χ0n) is 12.8. The topological polar surface area (TPSA) is 59.3 Å². The number of nitrogens with zero attached hydrogens (tertiary/aromatic N) is 3. The third kappa shape index (κ3) is 4.50. The number of nitrogens with one attached hydrogen (secondary N) is 1. The van der Waals surface area contributed by atoms with Crippen molar-refractivity contribution in [3.05, 3.63) is 54.5 Å². The molecule has 0 unspecified atom stereocenters. The summed E-state index contributed by atoms with van der Waals surface area (Å²) in [7, 11) is 0. The Balaban J connectivity index is 1.59. The van der Waals surface area contributed by atoms with Crippen molar-refractivity contribution >= 4 is 29.0 Å². The van der Waals surface area contributed by atoms with Gasteiger partial charge in [0.15, 0.2) is 11.3 Å². The molecule has 0 aliphatic rings. The van der Waals surface area contributed by atoms with Crippen molar-refractivity contribution in [3.63, 3.8) is 0 Å². The summed E-state index contributed by atoms with van der Waals surface area (Å²) in [5.41, 5.74) is -0.674. The second-order valence-corrected chi connectivity index (χ2v) is 6.30. The number of benzene rings is 1. The second kappa shape index (κ2) is 7.14. The summed E-state index contributed by atoms with van der Waals surface area (Å²) >= 11 is 1.55. The van der Waals surface area contributed by atoms with Crippen molar-refractivity contribution in [3.8, 4) is 0 Å². The molecule has 3 rings (SSSR count). The molecule has 1 amide bonds. The van der Waals surface area contributed by atoms with Crippen LogP contribution in [-0.2, 0) is 11.0 Å². The van der Waals surface area contributed by atoms with Gasteiger partial charge in [-0.1, -0.05) is 18.2 Å².